The molecule has 0 radical (unpaired) electrons. The van der Waals surface area contributed by atoms with Gasteiger partial charge >= 0.3 is 0 Å². The predicted molar refractivity (Wildman–Crippen MR) is 105 cm³/mol. The molecule has 3 nitrogen and oxygen atoms in total. The van der Waals surface area contributed by atoms with Gasteiger partial charge in [0.05, 0.1) is 19.0 Å². The standard InChI is InChI=1S/C23H20N2O/c1-26-23-14-24-13-22(25-23)21-8-4-7-17-19-10-9-15-5-2-3-6-16(15)18(19)11-12-20(17)21/h2-3,5-6,9-14,21H,4,7-8H2,1H3. The maximum Gasteiger partial charge on any atom is 0.232 e. The molecule has 0 bridgehead atoms. The quantitative estimate of drug-likeness (QED) is 0.467. The number of fused-ring (bicyclic) bond motifs is 5. The first kappa shape index (κ1) is 15.3. The monoisotopic (exact) mass is 340 g/mol. The summed E-state index contributed by atoms with van der Waals surface area (Å²) in [7, 11) is 1.64. The fourth-order valence-electron chi connectivity index (χ4n) is 4.35. The summed E-state index contributed by atoms with van der Waals surface area (Å²) in [6, 6.07) is 17.7. The summed E-state index contributed by atoms with van der Waals surface area (Å²) in [6.45, 7) is 0. The number of methoxy groups -OCH3 is 1. The molecule has 3 heteroatoms. The van der Waals surface area contributed by atoms with Crippen LogP contribution in [0.1, 0.15) is 35.6 Å². The van der Waals surface area contributed by atoms with Crippen LogP contribution >= 0.6 is 0 Å². The second-order valence-electron chi connectivity index (χ2n) is 6.95. The molecule has 0 N–H and O–H groups in total. The Bertz CT molecular complexity index is 1120. The lowest BCUT2D eigenvalue weighted by Crippen LogP contribution is -2.13. The summed E-state index contributed by atoms with van der Waals surface area (Å²) < 4.78 is 5.28. The summed E-state index contributed by atoms with van der Waals surface area (Å²) in [6.07, 6.45) is 6.95. The first-order valence-corrected chi connectivity index (χ1v) is 9.14. The SMILES string of the molecule is COc1cncc(C2CCCc3c2ccc2c3ccc3ccccc32)n1. The second-order valence-corrected chi connectivity index (χ2v) is 6.95. The number of aryl methyl sites for hydroxylation is 1. The van der Waals surface area contributed by atoms with Crippen LogP contribution in [0.4, 0.5) is 0 Å². The van der Waals surface area contributed by atoms with E-state index in [1.54, 1.807) is 13.3 Å². The lowest BCUT2D eigenvalue weighted by atomic mass is 9.78. The van der Waals surface area contributed by atoms with E-state index in [-0.39, 0.29) is 5.92 Å². The van der Waals surface area contributed by atoms with Crippen molar-refractivity contribution in [2.45, 2.75) is 25.2 Å². The molecule has 0 amide bonds. The molecular formula is C23H20N2O. The Labute approximate surface area is 152 Å². The van der Waals surface area contributed by atoms with E-state index in [9.17, 15) is 0 Å². The molecule has 1 atom stereocenters. The summed E-state index contributed by atoms with van der Waals surface area (Å²) >= 11 is 0. The minimum Gasteiger partial charge on any atom is -0.480 e. The Morgan fingerprint density at radius 2 is 1.81 bits per heavy atom. The van der Waals surface area contributed by atoms with E-state index in [4.69, 9.17) is 4.74 Å². The normalized spacial score (nSPS) is 16.6. The first-order valence-electron chi connectivity index (χ1n) is 9.14. The van der Waals surface area contributed by atoms with Gasteiger partial charge in [-0.3, -0.25) is 4.98 Å². The zero-order valence-corrected chi connectivity index (χ0v) is 14.8. The van der Waals surface area contributed by atoms with Gasteiger partial charge in [-0.1, -0.05) is 48.5 Å². The molecule has 3 aromatic carbocycles. The van der Waals surface area contributed by atoms with E-state index in [1.165, 1.54) is 39.1 Å². The maximum absolute atomic E-state index is 5.28. The number of aromatic nitrogens is 2. The van der Waals surface area contributed by atoms with Crippen LogP contribution < -0.4 is 4.74 Å². The van der Waals surface area contributed by atoms with E-state index in [2.05, 4.69) is 58.5 Å². The van der Waals surface area contributed by atoms with Crippen molar-refractivity contribution in [2.75, 3.05) is 7.11 Å². The molecule has 0 fully saturated rings. The predicted octanol–water partition coefficient (Wildman–Crippen LogP) is 5.26. The van der Waals surface area contributed by atoms with Gasteiger partial charge in [-0.15, -0.1) is 0 Å². The van der Waals surface area contributed by atoms with Gasteiger partial charge in [-0.25, -0.2) is 4.98 Å². The molecule has 128 valence electrons. The molecule has 5 rings (SSSR count). The minimum atomic E-state index is 0.289. The Morgan fingerprint density at radius 1 is 0.923 bits per heavy atom. The van der Waals surface area contributed by atoms with Gasteiger partial charge in [0.15, 0.2) is 0 Å². The van der Waals surface area contributed by atoms with Crippen LogP contribution in [0.25, 0.3) is 21.5 Å². The largest absolute Gasteiger partial charge is 0.480 e. The van der Waals surface area contributed by atoms with Crippen molar-refractivity contribution in [3.8, 4) is 5.88 Å². The summed E-state index contributed by atoms with van der Waals surface area (Å²) in [5.74, 6) is 0.874. The van der Waals surface area contributed by atoms with Crippen molar-refractivity contribution in [2.24, 2.45) is 0 Å². The fraction of sp³-hybridized carbons (Fsp3) is 0.217. The molecule has 1 aliphatic rings. The van der Waals surface area contributed by atoms with Gasteiger partial charge in [0.25, 0.3) is 0 Å². The molecule has 1 aromatic heterocycles. The van der Waals surface area contributed by atoms with Crippen LogP contribution in [-0.2, 0) is 6.42 Å². The smallest absolute Gasteiger partial charge is 0.232 e. The third-order valence-electron chi connectivity index (χ3n) is 5.57. The highest BCUT2D eigenvalue weighted by atomic mass is 16.5. The van der Waals surface area contributed by atoms with Gasteiger partial charge in [-0.05, 0) is 51.9 Å². The Kier molecular flexibility index (Phi) is 3.59. The lowest BCUT2D eigenvalue weighted by Gasteiger charge is -2.26. The van der Waals surface area contributed by atoms with Crippen molar-refractivity contribution in [3.63, 3.8) is 0 Å². The lowest BCUT2D eigenvalue weighted by molar-refractivity contribution is 0.392. The molecule has 1 heterocycles. The molecule has 0 saturated carbocycles. The summed E-state index contributed by atoms with van der Waals surface area (Å²) in [4.78, 5) is 8.98. The topological polar surface area (TPSA) is 35.0 Å². The second kappa shape index (κ2) is 6.10. The molecule has 0 saturated heterocycles. The molecule has 4 aromatic rings. The molecular weight excluding hydrogens is 320 g/mol. The number of nitrogens with zero attached hydrogens (tertiary/aromatic N) is 2. The molecule has 0 spiro atoms. The number of benzene rings is 3. The highest BCUT2D eigenvalue weighted by molar-refractivity contribution is 6.08. The number of rotatable bonds is 2. The van der Waals surface area contributed by atoms with Gasteiger partial charge in [-0.2, -0.15) is 0 Å². The van der Waals surface area contributed by atoms with Gasteiger partial charge in [0.2, 0.25) is 5.88 Å². The fourth-order valence-corrected chi connectivity index (χ4v) is 4.35. The van der Waals surface area contributed by atoms with Gasteiger partial charge in [0, 0.05) is 12.1 Å². The van der Waals surface area contributed by atoms with Crippen molar-refractivity contribution in [1.29, 1.82) is 0 Å². The van der Waals surface area contributed by atoms with Crippen LogP contribution in [0, 0.1) is 0 Å². The van der Waals surface area contributed by atoms with Crippen molar-refractivity contribution < 1.29 is 4.74 Å². The van der Waals surface area contributed by atoms with E-state index >= 15 is 0 Å². The summed E-state index contributed by atoms with van der Waals surface area (Å²) in [5, 5.41) is 5.35. The molecule has 1 unspecified atom stereocenters. The molecule has 1 aliphatic carbocycles. The van der Waals surface area contributed by atoms with Crippen molar-refractivity contribution in [3.05, 3.63) is 77.7 Å². The highest BCUT2D eigenvalue weighted by Gasteiger charge is 2.25. The van der Waals surface area contributed by atoms with E-state index in [0.29, 0.717) is 5.88 Å². The van der Waals surface area contributed by atoms with E-state index in [0.717, 1.165) is 18.5 Å². The Morgan fingerprint density at radius 3 is 2.73 bits per heavy atom. The maximum atomic E-state index is 5.28. The van der Waals surface area contributed by atoms with E-state index < -0.39 is 0 Å². The zero-order valence-electron chi connectivity index (χ0n) is 14.8. The van der Waals surface area contributed by atoms with E-state index in [1.807, 2.05) is 6.20 Å². The minimum absolute atomic E-state index is 0.289. The average Bonchev–Trinajstić information content (AvgIpc) is 2.72. The zero-order chi connectivity index (χ0) is 17.5. The number of ether oxygens (including phenoxy) is 1. The first-order chi connectivity index (χ1) is 12.8. The average molecular weight is 340 g/mol. The Balaban J connectivity index is 1.72. The number of hydrogen-bond donors (Lipinski definition) is 0. The van der Waals surface area contributed by atoms with Crippen molar-refractivity contribution in [1.82, 2.24) is 9.97 Å². The summed E-state index contributed by atoms with van der Waals surface area (Å²) in [5.41, 5.74) is 3.86. The van der Waals surface area contributed by atoms with Crippen LogP contribution in [0.2, 0.25) is 0 Å². The van der Waals surface area contributed by atoms with Gasteiger partial charge < -0.3 is 4.74 Å². The Hall–Kier alpha value is -2.94. The van der Waals surface area contributed by atoms with Crippen LogP contribution in [0.5, 0.6) is 5.88 Å². The van der Waals surface area contributed by atoms with Crippen LogP contribution in [0.3, 0.4) is 0 Å². The molecule has 26 heavy (non-hydrogen) atoms. The highest BCUT2D eigenvalue weighted by Crippen LogP contribution is 2.40. The third kappa shape index (κ3) is 2.35. The molecule has 0 aliphatic heterocycles. The van der Waals surface area contributed by atoms with Crippen molar-refractivity contribution >= 4 is 21.5 Å². The third-order valence-corrected chi connectivity index (χ3v) is 5.57. The number of hydrogen-bond acceptors (Lipinski definition) is 3. The van der Waals surface area contributed by atoms with Crippen LogP contribution in [0.15, 0.2) is 60.9 Å². The van der Waals surface area contributed by atoms with Gasteiger partial charge in [0.1, 0.15) is 0 Å². The van der Waals surface area contributed by atoms with Crippen LogP contribution in [-0.4, -0.2) is 17.1 Å².